The second-order valence-electron chi connectivity index (χ2n) is 9.83. The molecule has 1 N–H and O–H groups in total. The quantitative estimate of drug-likeness (QED) is 0.426. The van der Waals surface area contributed by atoms with Crippen LogP contribution < -0.4 is 0 Å². The molecule has 0 amide bonds. The molecule has 6 heteroatoms. The van der Waals surface area contributed by atoms with Gasteiger partial charge in [-0.05, 0) is 56.0 Å². The second kappa shape index (κ2) is 8.21. The van der Waals surface area contributed by atoms with Crippen molar-refractivity contribution in [2.24, 2.45) is 0 Å². The van der Waals surface area contributed by atoms with Crippen LogP contribution >= 0.6 is 0 Å². The van der Waals surface area contributed by atoms with Gasteiger partial charge in [0.25, 0.3) is 0 Å². The maximum Gasteiger partial charge on any atom is 0.192 e. The summed E-state index contributed by atoms with van der Waals surface area (Å²) in [7, 11) is -1.91. The van der Waals surface area contributed by atoms with Crippen LogP contribution in [0.3, 0.4) is 0 Å². The van der Waals surface area contributed by atoms with E-state index in [4.69, 9.17) is 18.6 Å². The highest BCUT2D eigenvalue weighted by Gasteiger charge is 2.66. The van der Waals surface area contributed by atoms with Crippen LogP contribution in [0, 0.1) is 11.8 Å². The average Bonchev–Trinajstić information content (AvgIpc) is 3.36. The van der Waals surface area contributed by atoms with Crippen LogP contribution in [0.4, 0.5) is 0 Å². The SMILES string of the molecule is C/C(C#CC1(O)C[C@@H](O[Si](C)(C)C(C)(C)C)[C@H]2O[C@@H]21)=C/COC1CCCCO1. The topological polar surface area (TPSA) is 60.5 Å². The van der Waals surface area contributed by atoms with Crippen molar-refractivity contribution in [1.82, 2.24) is 0 Å². The Hall–Kier alpha value is -0.683. The Kier molecular flexibility index (Phi) is 6.46. The third-order valence-corrected chi connectivity index (χ3v) is 10.9. The highest BCUT2D eigenvalue weighted by atomic mass is 28.4. The van der Waals surface area contributed by atoms with Gasteiger partial charge in [0.2, 0.25) is 0 Å². The fourth-order valence-electron chi connectivity index (χ4n) is 3.50. The largest absolute Gasteiger partial charge is 0.411 e. The molecule has 158 valence electrons. The summed E-state index contributed by atoms with van der Waals surface area (Å²) in [4.78, 5) is 0. The molecule has 0 radical (unpaired) electrons. The summed E-state index contributed by atoms with van der Waals surface area (Å²) in [6, 6.07) is 0. The van der Waals surface area contributed by atoms with Crippen molar-refractivity contribution in [3.8, 4) is 11.8 Å². The molecule has 3 rings (SSSR count). The second-order valence-corrected chi connectivity index (χ2v) is 14.6. The zero-order valence-electron chi connectivity index (χ0n) is 18.2. The zero-order valence-corrected chi connectivity index (χ0v) is 19.2. The Morgan fingerprint density at radius 3 is 2.71 bits per heavy atom. The summed E-state index contributed by atoms with van der Waals surface area (Å²) in [5, 5.41) is 11.1. The van der Waals surface area contributed by atoms with Gasteiger partial charge in [-0.15, -0.1) is 0 Å². The molecule has 3 aliphatic rings. The molecule has 28 heavy (non-hydrogen) atoms. The molecule has 0 bridgehead atoms. The van der Waals surface area contributed by atoms with Gasteiger partial charge in [-0.2, -0.15) is 0 Å². The van der Waals surface area contributed by atoms with Gasteiger partial charge in [0.15, 0.2) is 20.2 Å². The molecule has 0 spiro atoms. The van der Waals surface area contributed by atoms with E-state index in [0.717, 1.165) is 31.4 Å². The molecule has 0 aromatic heterocycles. The van der Waals surface area contributed by atoms with Crippen LogP contribution in [0.1, 0.15) is 53.4 Å². The minimum atomic E-state index is -1.91. The molecule has 2 saturated heterocycles. The van der Waals surface area contributed by atoms with Crippen molar-refractivity contribution >= 4 is 8.32 Å². The van der Waals surface area contributed by atoms with E-state index in [1.807, 2.05) is 13.0 Å². The van der Waals surface area contributed by atoms with E-state index in [0.29, 0.717) is 13.0 Å². The van der Waals surface area contributed by atoms with Gasteiger partial charge in [0.05, 0.1) is 12.7 Å². The van der Waals surface area contributed by atoms with Crippen LogP contribution in [-0.2, 0) is 18.6 Å². The number of fused-ring (bicyclic) bond motifs is 1. The van der Waals surface area contributed by atoms with E-state index in [1.165, 1.54) is 0 Å². The van der Waals surface area contributed by atoms with E-state index in [2.05, 4.69) is 45.7 Å². The molecule has 1 aliphatic carbocycles. The van der Waals surface area contributed by atoms with Crippen molar-refractivity contribution in [1.29, 1.82) is 0 Å². The monoisotopic (exact) mass is 408 g/mol. The van der Waals surface area contributed by atoms with Crippen molar-refractivity contribution in [2.75, 3.05) is 13.2 Å². The minimum absolute atomic E-state index is 0.0236. The number of hydrogen-bond acceptors (Lipinski definition) is 5. The lowest BCUT2D eigenvalue weighted by Gasteiger charge is -2.39. The molecular weight excluding hydrogens is 372 g/mol. The standard InChI is InChI=1S/C22H36O5Si/c1-16(11-14-25-18-9-7-8-13-24-18)10-12-22(23)15-17(19-20(22)26-19)27-28(5,6)21(2,3)4/h11,17-20,23H,7-9,13-15H2,1-6H3/b16-11-/t17-,18?,19-,20+,22?/m1/s1. The Morgan fingerprint density at radius 1 is 1.32 bits per heavy atom. The minimum Gasteiger partial charge on any atom is -0.411 e. The van der Waals surface area contributed by atoms with Gasteiger partial charge < -0.3 is 23.7 Å². The van der Waals surface area contributed by atoms with Crippen molar-refractivity contribution in [2.45, 2.75) is 102 Å². The molecule has 2 aliphatic heterocycles. The molecule has 5 nitrogen and oxygen atoms in total. The van der Waals surface area contributed by atoms with Crippen LogP contribution in [0.25, 0.3) is 0 Å². The Labute approximate surface area is 170 Å². The first kappa shape index (κ1) is 22.0. The van der Waals surface area contributed by atoms with Crippen LogP contribution in [0.5, 0.6) is 0 Å². The maximum atomic E-state index is 11.0. The smallest absolute Gasteiger partial charge is 0.192 e. The highest BCUT2D eigenvalue weighted by molar-refractivity contribution is 6.74. The average molecular weight is 409 g/mol. The van der Waals surface area contributed by atoms with E-state index in [1.54, 1.807) is 0 Å². The number of allylic oxidation sites excluding steroid dienone is 1. The summed E-state index contributed by atoms with van der Waals surface area (Å²) < 4.78 is 23.5. The summed E-state index contributed by atoms with van der Waals surface area (Å²) in [6.07, 6.45) is 5.26. The van der Waals surface area contributed by atoms with E-state index < -0.39 is 13.9 Å². The first-order chi connectivity index (χ1) is 13.0. The fraction of sp³-hybridized carbons (Fsp3) is 0.818. The number of epoxide rings is 1. The summed E-state index contributed by atoms with van der Waals surface area (Å²) >= 11 is 0. The molecule has 3 fully saturated rings. The lowest BCUT2D eigenvalue weighted by atomic mass is 10.0. The molecule has 1 saturated carbocycles. The predicted octanol–water partition coefficient (Wildman–Crippen LogP) is 3.77. The van der Waals surface area contributed by atoms with Gasteiger partial charge in [-0.25, -0.2) is 0 Å². The van der Waals surface area contributed by atoms with E-state index >= 15 is 0 Å². The van der Waals surface area contributed by atoms with Gasteiger partial charge in [-0.1, -0.05) is 32.6 Å². The van der Waals surface area contributed by atoms with Crippen molar-refractivity contribution in [3.05, 3.63) is 11.6 Å². The predicted molar refractivity (Wildman–Crippen MR) is 111 cm³/mol. The molecule has 0 aromatic carbocycles. The fourth-order valence-corrected chi connectivity index (χ4v) is 4.82. The normalized spacial score (nSPS) is 35.9. The third-order valence-electron chi connectivity index (χ3n) is 6.41. The van der Waals surface area contributed by atoms with Crippen molar-refractivity contribution < 1.29 is 23.7 Å². The van der Waals surface area contributed by atoms with Gasteiger partial charge in [0, 0.05) is 13.0 Å². The van der Waals surface area contributed by atoms with Crippen LogP contribution in [0.2, 0.25) is 18.1 Å². The highest BCUT2D eigenvalue weighted by Crippen LogP contribution is 2.49. The van der Waals surface area contributed by atoms with Crippen molar-refractivity contribution in [3.63, 3.8) is 0 Å². The van der Waals surface area contributed by atoms with Crippen LogP contribution in [0.15, 0.2) is 11.6 Å². The maximum absolute atomic E-state index is 11.0. The Morgan fingerprint density at radius 2 is 2.07 bits per heavy atom. The molecule has 5 atom stereocenters. The van der Waals surface area contributed by atoms with Gasteiger partial charge >= 0.3 is 0 Å². The zero-order chi connectivity index (χ0) is 20.6. The Bertz CT molecular complexity index is 650. The Balaban J connectivity index is 1.54. The summed E-state index contributed by atoms with van der Waals surface area (Å²) in [5.74, 6) is 6.14. The van der Waals surface area contributed by atoms with Gasteiger partial charge in [-0.3, -0.25) is 0 Å². The molecular formula is C22H36O5Si. The lowest BCUT2D eigenvalue weighted by Crippen LogP contribution is -2.45. The lowest BCUT2D eigenvalue weighted by molar-refractivity contribution is -0.155. The van der Waals surface area contributed by atoms with E-state index in [-0.39, 0.29) is 29.6 Å². The molecule has 2 heterocycles. The van der Waals surface area contributed by atoms with E-state index in [9.17, 15) is 5.11 Å². The first-order valence-electron chi connectivity index (χ1n) is 10.5. The number of ether oxygens (including phenoxy) is 3. The van der Waals surface area contributed by atoms with Gasteiger partial charge in [0.1, 0.15) is 12.2 Å². The molecule has 2 unspecified atom stereocenters. The first-order valence-corrected chi connectivity index (χ1v) is 13.4. The number of aliphatic hydroxyl groups is 1. The molecule has 0 aromatic rings. The summed E-state index contributed by atoms with van der Waals surface area (Å²) in [6.45, 7) is 14.3. The van der Waals surface area contributed by atoms with Crippen LogP contribution in [-0.4, -0.2) is 56.8 Å². The number of hydrogen-bond donors (Lipinski definition) is 1. The number of rotatable bonds is 5. The summed E-state index contributed by atoms with van der Waals surface area (Å²) in [5.41, 5.74) is -0.240. The third kappa shape index (κ3) is 5.07.